The second-order valence-corrected chi connectivity index (χ2v) is 4.15. The Morgan fingerprint density at radius 2 is 1.67 bits per heavy atom. The quantitative estimate of drug-likeness (QED) is 0.846. The standard InChI is InChI=1S/C15H16FNO/c16-13-8-6-12(7-9-13)15(18)10-11-17-14-4-2-1-3-5-14/h1-9,15,17-18H,10-11H2/t15-/m1/s1. The zero-order chi connectivity index (χ0) is 12.8. The Balaban J connectivity index is 1.81. The average Bonchev–Trinajstić information content (AvgIpc) is 2.40. The minimum atomic E-state index is -0.568. The van der Waals surface area contributed by atoms with E-state index in [2.05, 4.69) is 5.32 Å². The summed E-state index contributed by atoms with van der Waals surface area (Å²) in [5, 5.41) is 13.1. The monoisotopic (exact) mass is 245 g/mol. The van der Waals surface area contributed by atoms with Gasteiger partial charge in [-0.3, -0.25) is 0 Å². The van der Waals surface area contributed by atoms with Gasteiger partial charge >= 0.3 is 0 Å². The van der Waals surface area contributed by atoms with Crippen molar-refractivity contribution in [2.75, 3.05) is 11.9 Å². The van der Waals surface area contributed by atoms with E-state index in [4.69, 9.17) is 0 Å². The maximum Gasteiger partial charge on any atom is 0.123 e. The van der Waals surface area contributed by atoms with E-state index < -0.39 is 6.10 Å². The number of aliphatic hydroxyl groups is 1. The maximum absolute atomic E-state index is 12.7. The van der Waals surface area contributed by atoms with Crippen molar-refractivity contribution >= 4 is 5.69 Å². The van der Waals surface area contributed by atoms with Crippen molar-refractivity contribution in [1.29, 1.82) is 0 Å². The minimum Gasteiger partial charge on any atom is -0.388 e. The molecule has 2 N–H and O–H groups in total. The van der Waals surface area contributed by atoms with Gasteiger partial charge in [0.15, 0.2) is 0 Å². The summed E-state index contributed by atoms with van der Waals surface area (Å²) in [5.74, 6) is -0.284. The lowest BCUT2D eigenvalue weighted by Gasteiger charge is -2.12. The zero-order valence-corrected chi connectivity index (χ0v) is 10.0. The number of para-hydroxylation sites is 1. The van der Waals surface area contributed by atoms with Crippen molar-refractivity contribution in [3.8, 4) is 0 Å². The largest absolute Gasteiger partial charge is 0.388 e. The molecule has 0 radical (unpaired) electrons. The van der Waals surface area contributed by atoms with E-state index in [1.54, 1.807) is 12.1 Å². The molecular formula is C15H16FNO. The van der Waals surface area contributed by atoms with Crippen molar-refractivity contribution in [2.45, 2.75) is 12.5 Å². The van der Waals surface area contributed by atoms with Gasteiger partial charge in [0.1, 0.15) is 5.82 Å². The van der Waals surface area contributed by atoms with Gasteiger partial charge in [0.05, 0.1) is 6.10 Å². The first-order valence-corrected chi connectivity index (χ1v) is 5.98. The van der Waals surface area contributed by atoms with Crippen LogP contribution in [0.5, 0.6) is 0 Å². The number of benzene rings is 2. The van der Waals surface area contributed by atoms with Crippen LogP contribution in [0, 0.1) is 5.82 Å². The van der Waals surface area contributed by atoms with Crippen LogP contribution in [0.1, 0.15) is 18.1 Å². The van der Waals surface area contributed by atoms with Crippen molar-refractivity contribution in [2.24, 2.45) is 0 Å². The maximum atomic E-state index is 12.7. The summed E-state index contributed by atoms with van der Waals surface area (Å²) in [4.78, 5) is 0. The molecule has 2 aromatic carbocycles. The Morgan fingerprint density at radius 1 is 1.00 bits per heavy atom. The zero-order valence-electron chi connectivity index (χ0n) is 10.0. The molecular weight excluding hydrogens is 229 g/mol. The molecule has 18 heavy (non-hydrogen) atoms. The summed E-state index contributed by atoms with van der Waals surface area (Å²) in [5.41, 5.74) is 1.77. The Kier molecular flexibility index (Phi) is 4.31. The van der Waals surface area contributed by atoms with Gasteiger partial charge in [0.25, 0.3) is 0 Å². The number of aliphatic hydroxyl groups excluding tert-OH is 1. The van der Waals surface area contributed by atoms with Crippen LogP contribution in [-0.2, 0) is 0 Å². The van der Waals surface area contributed by atoms with Crippen LogP contribution < -0.4 is 5.32 Å². The molecule has 0 amide bonds. The van der Waals surface area contributed by atoms with Crippen LogP contribution in [0.4, 0.5) is 10.1 Å². The lowest BCUT2D eigenvalue weighted by Crippen LogP contribution is -2.07. The molecule has 1 atom stereocenters. The second-order valence-electron chi connectivity index (χ2n) is 4.15. The van der Waals surface area contributed by atoms with Crippen LogP contribution in [0.2, 0.25) is 0 Å². The van der Waals surface area contributed by atoms with Gasteiger partial charge in [-0.2, -0.15) is 0 Å². The minimum absolute atomic E-state index is 0.284. The summed E-state index contributed by atoms with van der Waals surface area (Å²) < 4.78 is 12.7. The van der Waals surface area contributed by atoms with Crippen LogP contribution in [0.15, 0.2) is 54.6 Å². The number of hydrogen-bond acceptors (Lipinski definition) is 2. The van der Waals surface area contributed by atoms with E-state index in [1.807, 2.05) is 30.3 Å². The van der Waals surface area contributed by atoms with Crippen molar-refractivity contribution in [3.05, 3.63) is 66.0 Å². The smallest absolute Gasteiger partial charge is 0.123 e. The molecule has 2 nitrogen and oxygen atoms in total. The van der Waals surface area contributed by atoms with Crippen LogP contribution in [0.25, 0.3) is 0 Å². The predicted octanol–water partition coefficient (Wildman–Crippen LogP) is 3.36. The van der Waals surface area contributed by atoms with Crippen LogP contribution >= 0.6 is 0 Å². The third-order valence-electron chi connectivity index (χ3n) is 2.78. The number of nitrogens with one attached hydrogen (secondary N) is 1. The summed E-state index contributed by atoms with van der Waals surface area (Å²) in [6.07, 6.45) is 0.0161. The molecule has 0 aliphatic heterocycles. The highest BCUT2D eigenvalue weighted by molar-refractivity contribution is 5.42. The molecule has 0 unspecified atom stereocenters. The summed E-state index contributed by atoms with van der Waals surface area (Å²) in [6.45, 7) is 0.669. The fraction of sp³-hybridized carbons (Fsp3) is 0.200. The molecule has 0 aromatic heterocycles. The predicted molar refractivity (Wildman–Crippen MR) is 70.9 cm³/mol. The van der Waals surface area contributed by atoms with E-state index in [9.17, 15) is 9.50 Å². The molecule has 2 rings (SSSR count). The highest BCUT2D eigenvalue weighted by atomic mass is 19.1. The molecule has 0 aliphatic rings. The summed E-state index contributed by atoms with van der Waals surface area (Å²) in [7, 11) is 0. The average molecular weight is 245 g/mol. The highest BCUT2D eigenvalue weighted by Crippen LogP contribution is 2.17. The van der Waals surface area contributed by atoms with E-state index >= 15 is 0 Å². The molecule has 0 heterocycles. The summed E-state index contributed by atoms with van der Waals surface area (Å²) >= 11 is 0. The highest BCUT2D eigenvalue weighted by Gasteiger charge is 2.06. The van der Waals surface area contributed by atoms with Crippen molar-refractivity contribution in [1.82, 2.24) is 0 Å². The van der Waals surface area contributed by atoms with E-state index in [0.29, 0.717) is 13.0 Å². The SMILES string of the molecule is O[C@H](CCNc1ccccc1)c1ccc(F)cc1. The van der Waals surface area contributed by atoms with Gasteiger partial charge in [-0.15, -0.1) is 0 Å². The van der Waals surface area contributed by atoms with Gasteiger partial charge in [0, 0.05) is 12.2 Å². The van der Waals surface area contributed by atoms with Crippen molar-refractivity contribution < 1.29 is 9.50 Å². The number of halogens is 1. The number of rotatable bonds is 5. The van der Waals surface area contributed by atoms with Crippen LogP contribution in [0.3, 0.4) is 0 Å². The second kappa shape index (κ2) is 6.17. The Morgan fingerprint density at radius 3 is 2.33 bits per heavy atom. The third-order valence-corrected chi connectivity index (χ3v) is 2.78. The fourth-order valence-corrected chi connectivity index (χ4v) is 1.76. The molecule has 0 saturated heterocycles. The van der Waals surface area contributed by atoms with Crippen molar-refractivity contribution in [3.63, 3.8) is 0 Å². The van der Waals surface area contributed by atoms with E-state index in [0.717, 1.165) is 11.3 Å². The Bertz CT molecular complexity index is 470. The van der Waals surface area contributed by atoms with Gasteiger partial charge in [-0.1, -0.05) is 30.3 Å². The molecule has 3 heteroatoms. The Hall–Kier alpha value is -1.87. The number of anilines is 1. The molecule has 0 fully saturated rings. The topological polar surface area (TPSA) is 32.3 Å². The molecule has 0 spiro atoms. The first kappa shape index (κ1) is 12.6. The third kappa shape index (κ3) is 3.57. The Labute approximate surface area is 106 Å². The van der Waals surface area contributed by atoms with Crippen LogP contribution in [-0.4, -0.2) is 11.7 Å². The molecule has 0 saturated carbocycles. The fourth-order valence-electron chi connectivity index (χ4n) is 1.76. The lowest BCUT2D eigenvalue weighted by atomic mass is 10.1. The lowest BCUT2D eigenvalue weighted by molar-refractivity contribution is 0.171. The first-order valence-electron chi connectivity index (χ1n) is 5.98. The molecule has 94 valence electrons. The van der Waals surface area contributed by atoms with Gasteiger partial charge in [-0.05, 0) is 36.2 Å². The normalized spacial score (nSPS) is 12.1. The van der Waals surface area contributed by atoms with E-state index in [-0.39, 0.29) is 5.82 Å². The van der Waals surface area contributed by atoms with E-state index in [1.165, 1.54) is 12.1 Å². The van der Waals surface area contributed by atoms with Gasteiger partial charge < -0.3 is 10.4 Å². The summed E-state index contributed by atoms with van der Waals surface area (Å²) in [6, 6.07) is 15.8. The molecule has 0 aliphatic carbocycles. The number of hydrogen-bond donors (Lipinski definition) is 2. The van der Waals surface area contributed by atoms with Gasteiger partial charge in [0.2, 0.25) is 0 Å². The molecule has 0 bridgehead atoms. The molecule has 2 aromatic rings. The van der Waals surface area contributed by atoms with Gasteiger partial charge in [-0.25, -0.2) is 4.39 Å². The first-order chi connectivity index (χ1) is 8.75.